The van der Waals surface area contributed by atoms with E-state index in [-0.39, 0.29) is 0 Å². The number of hydrogen-bond donors (Lipinski definition) is 1. The number of fused-ring (bicyclic) bond motifs is 1. The largest absolute Gasteiger partial charge is 0.461 e. The van der Waals surface area contributed by atoms with Gasteiger partial charge < -0.3 is 4.42 Å². The summed E-state index contributed by atoms with van der Waals surface area (Å²) in [4.78, 5) is 8.84. The Morgan fingerprint density at radius 3 is 2.94 bits per heavy atom. The highest BCUT2D eigenvalue weighted by Gasteiger charge is 2.11. The zero-order valence-corrected chi connectivity index (χ0v) is 10.9. The number of aromatic nitrogens is 4. The molecular formula is C12H12N4OS. The van der Waals surface area contributed by atoms with Crippen molar-refractivity contribution in [2.45, 2.75) is 20.3 Å². The van der Waals surface area contributed by atoms with E-state index < -0.39 is 0 Å². The molecule has 0 fully saturated rings. The van der Waals surface area contributed by atoms with Gasteiger partial charge in [0, 0.05) is 11.3 Å². The van der Waals surface area contributed by atoms with E-state index in [1.54, 1.807) is 10.8 Å². The van der Waals surface area contributed by atoms with E-state index in [1.165, 1.54) is 0 Å². The molecule has 5 nitrogen and oxygen atoms in total. The van der Waals surface area contributed by atoms with Gasteiger partial charge in [-0.05, 0) is 25.5 Å². The predicted octanol–water partition coefficient (Wildman–Crippen LogP) is 2.92. The maximum Gasteiger partial charge on any atom is 0.252 e. The van der Waals surface area contributed by atoms with E-state index in [1.807, 2.05) is 19.1 Å². The normalized spacial score (nSPS) is 11.2. The van der Waals surface area contributed by atoms with E-state index in [4.69, 9.17) is 16.6 Å². The molecule has 3 aromatic rings. The number of H-pyrrole nitrogens is 1. The van der Waals surface area contributed by atoms with Gasteiger partial charge in [-0.3, -0.25) is 5.10 Å². The Hall–Kier alpha value is -1.95. The van der Waals surface area contributed by atoms with Crippen molar-refractivity contribution >= 4 is 18.0 Å². The molecule has 0 radical (unpaired) electrons. The van der Waals surface area contributed by atoms with Gasteiger partial charge in [0.2, 0.25) is 0 Å². The van der Waals surface area contributed by atoms with Crippen LogP contribution in [0.4, 0.5) is 0 Å². The second-order valence-electron chi connectivity index (χ2n) is 4.02. The minimum atomic E-state index is 0.570. The minimum Gasteiger partial charge on any atom is -0.461 e. The first-order chi connectivity index (χ1) is 8.70. The molecule has 18 heavy (non-hydrogen) atoms. The van der Waals surface area contributed by atoms with E-state index in [2.05, 4.69) is 22.0 Å². The van der Waals surface area contributed by atoms with Gasteiger partial charge in [0.15, 0.2) is 11.6 Å². The summed E-state index contributed by atoms with van der Waals surface area (Å²) in [6, 6.07) is 3.66. The molecule has 0 aliphatic carbocycles. The van der Waals surface area contributed by atoms with Crippen LogP contribution in [0.25, 0.3) is 17.4 Å². The monoisotopic (exact) mass is 260 g/mol. The van der Waals surface area contributed by atoms with Crippen LogP contribution in [0.2, 0.25) is 0 Å². The van der Waals surface area contributed by atoms with Crippen molar-refractivity contribution in [3.05, 3.63) is 34.3 Å². The Labute approximate surface area is 108 Å². The average Bonchev–Trinajstić information content (AvgIpc) is 2.96. The summed E-state index contributed by atoms with van der Waals surface area (Å²) in [6.07, 6.45) is 2.47. The van der Waals surface area contributed by atoms with Crippen LogP contribution in [0.1, 0.15) is 18.2 Å². The van der Waals surface area contributed by atoms with Gasteiger partial charge in [-0.25, -0.2) is 9.50 Å². The second-order valence-corrected chi connectivity index (χ2v) is 4.41. The molecule has 0 saturated carbocycles. The quantitative estimate of drug-likeness (QED) is 0.720. The Kier molecular flexibility index (Phi) is 2.52. The van der Waals surface area contributed by atoms with Gasteiger partial charge in [-0.2, -0.15) is 4.98 Å². The highest BCUT2D eigenvalue weighted by Crippen LogP contribution is 2.17. The summed E-state index contributed by atoms with van der Waals surface area (Å²) in [6.45, 7) is 4.02. The summed E-state index contributed by atoms with van der Waals surface area (Å²) in [5.41, 5.74) is 2.00. The van der Waals surface area contributed by atoms with Crippen LogP contribution in [0.3, 0.4) is 0 Å². The smallest absolute Gasteiger partial charge is 0.252 e. The lowest BCUT2D eigenvalue weighted by molar-refractivity contribution is 0.577. The zero-order valence-electron chi connectivity index (χ0n) is 10.1. The number of hydrogen-bond acceptors (Lipinski definition) is 4. The fourth-order valence-corrected chi connectivity index (χ4v) is 2.40. The highest BCUT2D eigenvalue weighted by atomic mass is 32.1. The van der Waals surface area contributed by atoms with Gasteiger partial charge in [-0.1, -0.05) is 19.1 Å². The molecule has 0 spiro atoms. The standard InChI is InChI=1S/C12H12N4OS/c1-3-8-7(2)13-12-14-10(9-5-4-6-17-9)15-16(12)11(8)18/h4-6H,3H2,1-2H3,(H,13,14,15). The van der Waals surface area contributed by atoms with Crippen molar-refractivity contribution in [2.75, 3.05) is 0 Å². The fraction of sp³-hybridized carbons (Fsp3) is 0.250. The number of furan rings is 1. The lowest BCUT2D eigenvalue weighted by Crippen LogP contribution is -2.01. The maximum atomic E-state index is 5.44. The first-order valence-electron chi connectivity index (χ1n) is 5.73. The third-order valence-corrected chi connectivity index (χ3v) is 3.33. The first-order valence-corrected chi connectivity index (χ1v) is 6.13. The Morgan fingerprint density at radius 2 is 2.28 bits per heavy atom. The van der Waals surface area contributed by atoms with E-state index in [9.17, 15) is 0 Å². The third-order valence-electron chi connectivity index (χ3n) is 2.90. The van der Waals surface area contributed by atoms with Crippen LogP contribution in [-0.4, -0.2) is 19.6 Å². The minimum absolute atomic E-state index is 0.570. The van der Waals surface area contributed by atoms with Gasteiger partial charge >= 0.3 is 0 Å². The Morgan fingerprint density at radius 1 is 1.44 bits per heavy atom. The highest BCUT2D eigenvalue weighted by molar-refractivity contribution is 7.71. The molecule has 0 unspecified atom stereocenters. The van der Waals surface area contributed by atoms with E-state index >= 15 is 0 Å². The molecule has 3 aromatic heterocycles. The molecule has 3 rings (SSSR count). The summed E-state index contributed by atoms with van der Waals surface area (Å²) < 4.78 is 7.76. The molecule has 0 aliphatic rings. The number of nitrogens with one attached hydrogen (secondary N) is 1. The summed E-state index contributed by atoms with van der Waals surface area (Å²) in [5, 5.41) is 3.11. The fourth-order valence-electron chi connectivity index (χ4n) is 1.99. The predicted molar refractivity (Wildman–Crippen MR) is 70.0 cm³/mol. The van der Waals surface area contributed by atoms with E-state index in [0.717, 1.165) is 22.3 Å². The zero-order chi connectivity index (χ0) is 12.7. The van der Waals surface area contributed by atoms with Crippen LogP contribution < -0.4 is 0 Å². The number of nitrogens with zero attached hydrogens (tertiary/aromatic N) is 3. The second kappa shape index (κ2) is 4.06. The Balaban J connectivity index is 2.30. The number of rotatable bonds is 2. The summed E-state index contributed by atoms with van der Waals surface area (Å²) in [7, 11) is 0. The lowest BCUT2D eigenvalue weighted by atomic mass is 10.2. The molecular weight excluding hydrogens is 248 g/mol. The molecule has 0 amide bonds. The van der Waals surface area contributed by atoms with Gasteiger partial charge in [0.05, 0.1) is 6.26 Å². The van der Waals surface area contributed by atoms with Crippen LogP contribution >= 0.6 is 12.2 Å². The SMILES string of the molecule is CCc1c(C)nc2nc(-c3ccco3)[nH]n2c1=S. The molecule has 0 bridgehead atoms. The molecule has 0 aliphatic heterocycles. The van der Waals surface area contributed by atoms with Crippen molar-refractivity contribution in [3.8, 4) is 11.6 Å². The van der Waals surface area contributed by atoms with Gasteiger partial charge in [0.25, 0.3) is 5.78 Å². The number of aromatic amines is 1. The van der Waals surface area contributed by atoms with Crippen molar-refractivity contribution in [2.24, 2.45) is 0 Å². The molecule has 6 heteroatoms. The average molecular weight is 260 g/mol. The lowest BCUT2D eigenvalue weighted by Gasteiger charge is -2.02. The van der Waals surface area contributed by atoms with Crippen LogP contribution in [0, 0.1) is 11.6 Å². The molecule has 0 saturated heterocycles. The molecule has 0 aromatic carbocycles. The number of aryl methyl sites for hydroxylation is 1. The molecule has 3 heterocycles. The summed E-state index contributed by atoms with van der Waals surface area (Å²) in [5.74, 6) is 1.87. The molecule has 1 N–H and O–H groups in total. The van der Waals surface area contributed by atoms with Crippen molar-refractivity contribution < 1.29 is 4.42 Å². The van der Waals surface area contributed by atoms with E-state index in [0.29, 0.717) is 17.4 Å². The first kappa shape index (κ1) is 11.2. The van der Waals surface area contributed by atoms with Crippen LogP contribution in [0.5, 0.6) is 0 Å². The molecule has 92 valence electrons. The topological polar surface area (TPSA) is 59.1 Å². The van der Waals surface area contributed by atoms with Crippen molar-refractivity contribution in [1.29, 1.82) is 0 Å². The van der Waals surface area contributed by atoms with Crippen LogP contribution in [-0.2, 0) is 6.42 Å². The van der Waals surface area contributed by atoms with Crippen molar-refractivity contribution in [3.63, 3.8) is 0 Å². The maximum absolute atomic E-state index is 5.44. The Bertz CT molecular complexity index is 754. The van der Waals surface area contributed by atoms with Gasteiger partial charge in [0.1, 0.15) is 4.64 Å². The van der Waals surface area contributed by atoms with Crippen LogP contribution in [0.15, 0.2) is 22.8 Å². The van der Waals surface area contributed by atoms with Crippen molar-refractivity contribution in [1.82, 2.24) is 19.6 Å². The summed E-state index contributed by atoms with van der Waals surface area (Å²) >= 11 is 5.44. The third kappa shape index (κ3) is 1.57. The van der Waals surface area contributed by atoms with Gasteiger partial charge in [-0.15, -0.1) is 0 Å². The molecule has 0 atom stereocenters.